The zero-order valence-electron chi connectivity index (χ0n) is 18.1. The van der Waals surface area contributed by atoms with Crippen LogP contribution in [0.2, 0.25) is 0 Å². The van der Waals surface area contributed by atoms with E-state index in [0.29, 0.717) is 61.1 Å². The number of amides is 2. The van der Waals surface area contributed by atoms with Crippen molar-refractivity contribution >= 4 is 23.1 Å². The molecule has 0 atom stereocenters. The second kappa shape index (κ2) is 10.6. The summed E-state index contributed by atoms with van der Waals surface area (Å²) in [7, 11) is 1.58. The lowest BCUT2D eigenvalue weighted by molar-refractivity contribution is -0.137. The molecule has 0 spiro atoms. The van der Waals surface area contributed by atoms with Crippen molar-refractivity contribution in [1.29, 1.82) is 0 Å². The topological polar surface area (TPSA) is 77.1 Å². The Hall–Kier alpha value is -3.32. The third-order valence-electron chi connectivity index (χ3n) is 4.84. The van der Waals surface area contributed by atoms with Gasteiger partial charge in [0.2, 0.25) is 0 Å². The Morgan fingerprint density at radius 1 is 0.935 bits per heavy atom. The van der Waals surface area contributed by atoms with Gasteiger partial charge in [-0.05, 0) is 50.1 Å². The van der Waals surface area contributed by atoms with Gasteiger partial charge >= 0.3 is 0 Å². The maximum atomic E-state index is 13.2. The van der Waals surface area contributed by atoms with Crippen molar-refractivity contribution in [2.75, 3.05) is 38.8 Å². The summed E-state index contributed by atoms with van der Waals surface area (Å²) in [6.45, 7) is 5.73. The number of carbonyl (C=O) groups excluding carboxylic acids is 2. The Bertz CT molecular complexity index is 953. The number of imide groups is 1. The van der Waals surface area contributed by atoms with Gasteiger partial charge < -0.3 is 19.5 Å². The van der Waals surface area contributed by atoms with Crippen LogP contribution in [-0.4, -0.2) is 50.2 Å². The van der Waals surface area contributed by atoms with Gasteiger partial charge in [0.1, 0.15) is 17.2 Å². The summed E-state index contributed by atoms with van der Waals surface area (Å²) in [5.74, 6) is 0.683. The van der Waals surface area contributed by atoms with Crippen LogP contribution in [0, 0.1) is 0 Å². The summed E-state index contributed by atoms with van der Waals surface area (Å²) >= 11 is 0. The summed E-state index contributed by atoms with van der Waals surface area (Å²) in [4.78, 5) is 27.7. The minimum atomic E-state index is -0.353. The minimum absolute atomic E-state index is 0.250. The van der Waals surface area contributed by atoms with E-state index >= 15 is 0 Å². The van der Waals surface area contributed by atoms with Crippen molar-refractivity contribution in [3.05, 3.63) is 59.8 Å². The molecule has 0 saturated heterocycles. The van der Waals surface area contributed by atoms with Gasteiger partial charge in [0.05, 0.1) is 19.3 Å². The quantitative estimate of drug-likeness (QED) is 0.438. The molecule has 31 heavy (non-hydrogen) atoms. The first-order valence-electron chi connectivity index (χ1n) is 10.4. The lowest BCUT2D eigenvalue weighted by atomic mass is 10.0. The Balaban J connectivity index is 1.93. The molecule has 1 aliphatic rings. The van der Waals surface area contributed by atoms with E-state index < -0.39 is 0 Å². The minimum Gasteiger partial charge on any atom is -0.497 e. The molecule has 3 rings (SSSR count). The SMILES string of the molecule is CCOCCCN1C(=O)C(Nc2cccc(OCC)c2)=C(c2ccc(OC)cc2)C1=O. The molecular weight excluding hydrogens is 396 g/mol. The second-order valence-corrected chi connectivity index (χ2v) is 6.88. The molecule has 0 fully saturated rings. The first kappa shape index (κ1) is 22.4. The van der Waals surface area contributed by atoms with E-state index in [1.807, 2.05) is 32.0 Å². The molecule has 2 aromatic rings. The van der Waals surface area contributed by atoms with E-state index in [4.69, 9.17) is 14.2 Å². The van der Waals surface area contributed by atoms with Crippen molar-refractivity contribution < 1.29 is 23.8 Å². The fraction of sp³-hybridized carbons (Fsp3) is 0.333. The Labute approximate surface area is 182 Å². The Morgan fingerprint density at radius 2 is 1.71 bits per heavy atom. The highest BCUT2D eigenvalue weighted by atomic mass is 16.5. The van der Waals surface area contributed by atoms with Gasteiger partial charge in [-0.3, -0.25) is 14.5 Å². The van der Waals surface area contributed by atoms with Crippen molar-refractivity contribution in [2.24, 2.45) is 0 Å². The highest BCUT2D eigenvalue weighted by Crippen LogP contribution is 2.32. The standard InChI is InChI=1S/C24H28N2O5/c1-4-30-15-7-14-26-23(27)21(17-10-12-19(29-3)13-11-17)22(24(26)28)25-18-8-6-9-20(16-18)31-5-2/h6,8-13,16,25H,4-5,7,14-15H2,1-3H3. The van der Waals surface area contributed by atoms with Gasteiger partial charge in [-0.15, -0.1) is 0 Å². The van der Waals surface area contributed by atoms with Gasteiger partial charge in [0, 0.05) is 31.5 Å². The van der Waals surface area contributed by atoms with Crippen LogP contribution in [0.1, 0.15) is 25.8 Å². The molecule has 0 aromatic heterocycles. The van der Waals surface area contributed by atoms with Crippen molar-refractivity contribution in [3.8, 4) is 11.5 Å². The summed E-state index contributed by atoms with van der Waals surface area (Å²) < 4.78 is 16.1. The zero-order valence-corrected chi connectivity index (χ0v) is 18.1. The molecule has 0 radical (unpaired) electrons. The molecule has 0 unspecified atom stereocenters. The third kappa shape index (κ3) is 5.24. The number of hydrogen-bond donors (Lipinski definition) is 1. The number of nitrogens with one attached hydrogen (secondary N) is 1. The lowest BCUT2D eigenvalue weighted by Crippen LogP contribution is -2.34. The summed E-state index contributed by atoms with van der Waals surface area (Å²) in [5.41, 5.74) is 1.91. The van der Waals surface area contributed by atoms with Crippen LogP contribution >= 0.6 is 0 Å². The molecule has 2 amide bonds. The van der Waals surface area contributed by atoms with Crippen LogP contribution in [0.4, 0.5) is 5.69 Å². The van der Waals surface area contributed by atoms with Gasteiger partial charge in [-0.2, -0.15) is 0 Å². The maximum Gasteiger partial charge on any atom is 0.278 e. The second-order valence-electron chi connectivity index (χ2n) is 6.88. The summed E-state index contributed by atoms with van der Waals surface area (Å²) in [6, 6.07) is 14.4. The molecule has 7 nitrogen and oxygen atoms in total. The Morgan fingerprint density at radius 3 is 2.39 bits per heavy atom. The number of methoxy groups -OCH3 is 1. The lowest BCUT2D eigenvalue weighted by Gasteiger charge is -2.15. The average molecular weight is 424 g/mol. The van der Waals surface area contributed by atoms with Crippen LogP contribution in [0.15, 0.2) is 54.2 Å². The van der Waals surface area contributed by atoms with E-state index in [-0.39, 0.29) is 17.5 Å². The average Bonchev–Trinajstić information content (AvgIpc) is 3.01. The predicted molar refractivity (Wildman–Crippen MR) is 119 cm³/mol. The molecule has 0 aliphatic carbocycles. The molecule has 7 heteroatoms. The van der Waals surface area contributed by atoms with Crippen LogP contribution < -0.4 is 14.8 Å². The first-order valence-corrected chi connectivity index (χ1v) is 10.4. The van der Waals surface area contributed by atoms with Crippen molar-refractivity contribution in [3.63, 3.8) is 0 Å². The van der Waals surface area contributed by atoms with Crippen LogP contribution in [-0.2, 0) is 14.3 Å². The highest BCUT2D eigenvalue weighted by Gasteiger charge is 2.38. The molecule has 164 valence electrons. The van der Waals surface area contributed by atoms with Crippen LogP contribution in [0.25, 0.3) is 5.57 Å². The van der Waals surface area contributed by atoms with Crippen molar-refractivity contribution in [1.82, 2.24) is 4.90 Å². The fourth-order valence-electron chi connectivity index (χ4n) is 3.36. The van der Waals surface area contributed by atoms with Crippen LogP contribution in [0.5, 0.6) is 11.5 Å². The molecule has 1 N–H and O–H groups in total. The largest absolute Gasteiger partial charge is 0.497 e. The van der Waals surface area contributed by atoms with Gasteiger partial charge in [0.15, 0.2) is 0 Å². The molecular formula is C24H28N2O5. The monoisotopic (exact) mass is 424 g/mol. The molecule has 0 bridgehead atoms. The third-order valence-corrected chi connectivity index (χ3v) is 4.84. The number of hydrogen-bond acceptors (Lipinski definition) is 6. The molecule has 1 aliphatic heterocycles. The summed E-state index contributed by atoms with van der Waals surface area (Å²) in [6.07, 6.45) is 0.578. The number of rotatable bonds is 11. The highest BCUT2D eigenvalue weighted by molar-refractivity contribution is 6.36. The normalized spacial score (nSPS) is 13.7. The smallest absolute Gasteiger partial charge is 0.278 e. The van der Waals surface area contributed by atoms with Crippen LogP contribution in [0.3, 0.4) is 0 Å². The van der Waals surface area contributed by atoms with Gasteiger partial charge in [0.25, 0.3) is 11.8 Å². The van der Waals surface area contributed by atoms with Gasteiger partial charge in [-0.25, -0.2) is 0 Å². The van der Waals surface area contributed by atoms with E-state index in [1.165, 1.54) is 4.90 Å². The molecule has 0 saturated carbocycles. The number of carbonyl (C=O) groups is 2. The molecule has 1 heterocycles. The van der Waals surface area contributed by atoms with Crippen molar-refractivity contribution in [2.45, 2.75) is 20.3 Å². The summed E-state index contributed by atoms with van der Waals surface area (Å²) in [5, 5.41) is 3.15. The fourth-order valence-corrected chi connectivity index (χ4v) is 3.36. The van der Waals surface area contributed by atoms with E-state index in [2.05, 4.69) is 5.32 Å². The number of anilines is 1. The van der Waals surface area contributed by atoms with E-state index in [1.54, 1.807) is 37.4 Å². The van der Waals surface area contributed by atoms with Gasteiger partial charge in [-0.1, -0.05) is 18.2 Å². The Kier molecular flexibility index (Phi) is 7.67. The maximum absolute atomic E-state index is 13.2. The zero-order chi connectivity index (χ0) is 22.2. The predicted octanol–water partition coefficient (Wildman–Crippen LogP) is 3.71. The molecule has 2 aromatic carbocycles. The number of nitrogens with zero attached hydrogens (tertiary/aromatic N) is 1. The number of benzene rings is 2. The first-order chi connectivity index (χ1) is 15.1. The number of ether oxygens (including phenoxy) is 3. The van der Waals surface area contributed by atoms with E-state index in [0.717, 1.165) is 0 Å². The van der Waals surface area contributed by atoms with E-state index in [9.17, 15) is 9.59 Å².